The first-order chi connectivity index (χ1) is 15.7. The van der Waals surface area contributed by atoms with Crippen molar-refractivity contribution in [3.63, 3.8) is 0 Å². The van der Waals surface area contributed by atoms with Crippen molar-refractivity contribution in [2.45, 2.75) is 6.42 Å². The van der Waals surface area contributed by atoms with Crippen LogP contribution in [0.3, 0.4) is 0 Å². The largest absolute Gasteiger partial charge is 0.484 e. The highest BCUT2D eigenvalue weighted by molar-refractivity contribution is 5.91. The van der Waals surface area contributed by atoms with E-state index in [9.17, 15) is 9.59 Å². The molecule has 7 nitrogen and oxygen atoms in total. The topological polar surface area (TPSA) is 74.8 Å². The molecule has 4 rings (SSSR count). The van der Waals surface area contributed by atoms with E-state index in [1.165, 1.54) is 0 Å². The van der Waals surface area contributed by atoms with Crippen LogP contribution in [0.4, 0.5) is 11.5 Å². The quantitative estimate of drug-likeness (QED) is 0.624. The average molecular weight is 431 g/mol. The molecule has 0 radical (unpaired) electrons. The Labute approximate surface area is 187 Å². The van der Waals surface area contributed by atoms with Gasteiger partial charge in [0.15, 0.2) is 6.61 Å². The van der Waals surface area contributed by atoms with E-state index < -0.39 is 0 Å². The van der Waals surface area contributed by atoms with Crippen LogP contribution >= 0.6 is 0 Å². The zero-order valence-corrected chi connectivity index (χ0v) is 17.8. The first-order valence-electron chi connectivity index (χ1n) is 10.7. The summed E-state index contributed by atoms with van der Waals surface area (Å²) in [6.07, 6.45) is 2.07. The van der Waals surface area contributed by atoms with Crippen LogP contribution in [0.15, 0.2) is 79.0 Å². The molecule has 1 aromatic heterocycles. The first-order valence-corrected chi connectivity index (χ1v) is 10.7. The Morgan fingerprint density at radius 2 is 1.56 bits per heavy atom. The molecule has 1 aliphatic heterocycles. The number of aromatic nitrogens is 1. The third-order valence-corrected chi connectivity index (χ3v) is 5.30. The monoisotopic (exact) mass is 430 g/mol. The number of pyridine rings is 1. The number of nitrogens with one attached hydrogen (secondary N) is 1. The Balaban J connectivity index is 1.23. The molecule has 0 spiro atoms. The van der Waals surface area contributed by atoms with E-state index in [0.29, 0.717) is 30.9 Å². The summed E-state index contributed by atoms with van der Waals surface area (Å²) >= 11 is 0. The minimum atomic E-state index is -0.242. The maximum atomic E-state index is 12.5. The predicted molar refractivity (Wildman–Crippen MR) is 124 cm³/mol. The molecular weight excluding hydrogens is 404 g/mol. The van der Waals surface area contributed by atoms with Crippen LogP contribution in [0.1, 0.15) is 5.56 Å². The highest BCUT2D eigenvalue weighted by Crippen LogP contribution is 2.17. The molecule has 7 heteroatoms. The number of benzene rings is 2. The van der Waals surface area contributed by atoms with Crippen molar-refractivity contribution in [3.05, 3.63) is 84.6 Å². The fourth-order valence-corrected chi connectivity index (χ4v) is 3.58. The number of ether oxygens (including phenoxy) is 1. The summed E-state index contributed by atoms with van der Waals surface area (Å²) in [6, 6.07) is 22.7. The summed E-state index contributed by atoms with van der Waals surface area (Å²) in [7, 11) is 0. The minimum absolute atomic E-state index is 0.0647. The van der Waals surface area contributed by atoms with E-state index in [4.69, 9.17) is 4.74 Å². The molecule has 2 heterocycles. The highest BCUT2D eigenvalue weighted by Gasteiger charge is 2.22. The molecule has 32 heavy (non-hydrogen) atoms. The second-order valence-corrected chi connectivity index (χ2v) is 7.59. The van der Waals surface area contributed by atoms with Gasteiger partial charge in [-0.2, -0.15) is 0 Å². The molecule has 2 aromatic carbocycles. The van der Waals surface area contributed by atoms with E-state index in [0.717, 1.165) is 24.5 Å². The zero-order valence-electron chi connectivity index (χ0n) is 17.8. The number of anilines is 2. The lowest BCUT2D eigenvalue weighted by Gasteiger charge is -2.35. The van der Waals surface area contributed by atoms with Crippen LogP contribution in [0.2, 0.25) is 0 Å². The molecule has 2 amide bonds. The van der Waals surface area contributed by atoms with Gasteiger partial charge in [0, 0.05) is 26.2 Å². The van der Waals surface area contributed by atoms with Gasteiger partial charge >= 0.3 is 0 Å². The normalized spacial score (nSPS) is 13.5. The van der Waals surface area contributed by atoms with Crippen molar-refractivity contribution in [1.82, 2.24) is 9.88 Å². The average Bonchev–Trinajstić information content (AvgIpc) is 2.85. The molecular formula is C25H26N4O3. The van der Waals surface area contributed by atoms with Crippen LogP contribution in [0.25, 0.3) is 0 Å². The second-order valence-electron chi connectivity index (χ2n) is 7.59. The number of hydrogen-bond donors (Lipinski definition) is 1. The summed E-state index contributed by atoms with van der Waals surface area (Å²) in [4.78, 5) is 33.2. The minimum Gasteiger partial charge on any atom is -0.484 e. The number of carbonyl (C=O) groups excluding carboxylic acids is 2. The lowest BCUT2D eigenvalue weighted by Crippen LogP contribution is -2.49. The number of nitrogens with zero attached hydrogens (tertiary/aromatic N) is 3. The van der Waals surface area contributed by atoms with E-state index in [1.54, 1.807) is 18.3 Å². The highest BCUT2D eigenvalue weighted by atomic mass is 16.5. The van der Waals surface area contributed by atoms with Gasteiger partial charge in [0.05, 0.1) is 18.3 Å². The van der Waals surface area contributed by atoms with Crippen LogP contribution in [0.5, 0.6) is 5.75 Å². The summed E-state index contributed by atoms with van der Waals surface area (Å²) in [5.41, 5.74) is 1.65. The van der Waals surface area contributed by atoms with Crippen molar-refractivity contribution in [2.75, 3.05) is 43.0 Å². The third-order valence-electron chi connectivity index (χ3n) is 5.30. The smallest absolute Gasteiger partial charge is 0.262 e. The maximum Gasteiger partial charge on any atom is 0.262 e. The van der Waals surface area contributed by atoms with Crippen LogP contribution in [0, 0.1) is 0 Å². The summed E-state index contributed by atoms with van der Waals surface area (Å²) in [6.45, 7) is 2.73. The first kappa shape index (κ1) is 21.4. The van der Waals surface area contributed by atoms with Gasteiger partial charge in [0.25, 0.3) is 5.91 Å². The van der Waals surface area contributed by atoms with E-state index in [-0.39, 0.29) is 18.4 Å². The molecule has 1 fully saturated rings. The molecule has 164 valence electrons. The number of para-hydroxylation sites is 1. The Morgan fingerprint density at radius 3 is 2.22 bits per heavy atom. The van der Waals surface area contributed by atoms with Crippen molar-refractivity contribution in [2.24, 2.45) is 0 Å². The molecule has 0 saturated carbocycles. The van der Waals surface area contributed by atoms with Crippen molar-refractivity contribution in [1.29, 1.82) is 0 Å². The molecule has 1 aliphatic rings. The van der Waals surface area contributed by atoms with Gasteiger partial charge in [0.2, 0.25) is 5.91 Å². The van der Waals surface area contributed by atoms with E-state index in [2.05, 4.69) is 15.2 Å². The maximum absolute atomic E-state index is 12.5. The SMILES string of the molecule is O=C(COc1ccccc1)Nc1ccc(N2CCN(C(=O)Cc3ccccc3)CC2)nc1. The number of carbonyl (C=O) groups is 2. The number of hydrogen-bond acceptors (Lipinski definition) is 5. The Bertz CT molecular complexity index is 1020. The molecule has 0 atom stereocenters. The predicted octanol–water partition coefficient (Wildman–Crippen LogP) is 2.99. The van der Waals surface area contributed by atoms with Gasteiger partial charge in [-0.05, 0) is 29.8 Å². The fourth-order valence-electron chi connectivity index (χ4n) is 3.58. The van der Waals surface area contributed by atoms with Gasteiger partial charge in [-0.1, -0.05) is 48.5 Å². The van der Waals surface area contributed by atoms with Crippen LogP contribution in [-0.4, -0.2) is 54.5 Å². The van der Waals surface area contributed by atoms with Gasteiger partial charge < -0.3 is 19.9 Å². The number of piperazine rings is 1. The molecule has 0 aliphatic carbocycles. The van der Waals surface area contributed by atoms with Gasteiger partial charge in [-0.15, -0.1) is 0 Å². The second kappa shape index (κ2) is 10.4. The Kier molecular flexibility index (Phi) is 6.97. The fraction of sp³-hybridized carbons (Fsp3) is 0.240. The Morgan fingerprint density at radius 1 is 0.875 bits per heavy atom. The summed E-state index contributed by atoms with van der Waals surface area (Å²) < 4.78 is 5.45. The van der Waals surface area contributed by atoms with Crippen LogP contribution < -0.4 is 15.0 Å². The zero-order chi connectivity index (χ0) is 22.2. The number of amides is 2. The Hall–Kier alpha value is -3.87. The lowest BCUT2D eigenvalue weighted by molar-refractivity contribution is -0.130. The van der Waals surface area contributed by atoms with Crippen molar-refractivity contribution in [3.8, 4) is 5.75 Å². The summed E-state index contributed by atoms with van der Waals surface area (Å²) in [5.74, 6) is 1.39. The van der Waals surface area contributed by atoms with Crippen molar-refractivity contribution < 1.29 is 14.3 Å². The van der Waals surface area contributed by atoms with Crippen molar-refractivity contribution >= 4 is 23.3 Å². The third kappa shape index (κ3) is 5.85. The summed E-state index contributed by atoms with van der Waals surface area (Å²) in [5, 5.41) is 2.79. The van der Waals surface area contributed by atoms with E-state index >= 15 is 0 Å². The number of rotatable bonds is 7. The molecule has 0 bridgehead atoms. The van der Waals surface area contributed by atoms with Gasteiger partial charge in [0.1, 0.15) is 11.6 Å². The van der Waals surface area contributed by atoms with Gasteiger partial charge in [-0.25, -0.2) is 4.98 Å². The lowest BCUT2D eigenvalue weighted by atomic mass is 10.1. The standard InChI is InChI=1S/C25H26N4O3/c30-24(19-32-22-9-5-2-6-10-22)27-21-11-12-23(26-18-21)28-13-15-29(16-14-28)25(31)17-20-7-3-1-4-8-20/h1-12,18H,13-17,19H2,(H,27,30). The van der Waals surface area contributed by atoms with E-state index in [1.807, 2.05) is 65.6 Å². The van der Waals surface area contributed by atoms with Gasteiger partial charge in [-0.3, -0.25) is 9.59 Å². The molecule has 1 N–H and O–H groups in total. The molecule has 3 aromatic rings. The van der Waals surface area contributed by atoms with Crippen LogP contribution in [-0.2, 0) is 16.0 Å². The molecule has 1 saturated heterocycles. The molecule has 0 unspecified atom stereocenters.